The van der Waals surface area contributed by atoms with Gasteiger partial charge in [-0.1, -0.05) is 19.2 Å². The molecule has 0 saturated carbocycles. The molecule has 0 heterocycles. The molecule has 0 amide bonds. The minimum atomic E-state index is 0. The van der Waals surface area contributed by atoms with E-state index >= 15 is 0 Å². The van der Waals surface area contributed by atoms with E-state index in [9.17, 15) is 0 Å². The highest BCUT2D eigenvalue weighted by atomic mass is 35.5. The Morgan fingerprint density at radius 2 is 1.27 bits per heavy atom. The predicted octanol–water partition coefficient (Wildman–Crippen LogP) is -1.01. The molecule has 0 saturated heterocycles. The fourth-order valence-electron chi connectivity index (χ4n) is 0.774. The van der Waals surface area contributed by atoms with Crippen molar-refractivity contribution < 1.29 is 16.9 Å². The van der Waals surface area contributed by atoms with Gasteiger partial charge in [0.25, 0.3) is 0 Å². The Morgan fingerprint density at radius 3 is 1.40 bits per heavy atom. The van der Waals surface area contributed by atoms with Gasteiger partial charge in [-0.25, -0.2) is 0 Å². The Kier molecular flexibility index (Phi) is 26.0. The Hall–Kier alpha value is -0.280. The molecular weight excluding hydrogens is 231 g/mol. The van der Waals surface area contributed by atoms with Crippen LogP contribution in [0.2, 0.25) is 0 Å². The van der Waals surface area contributed by atoms with Gasteiger partial charge in [-0.05, 0) is 12.2 Å². The lowest BCUT2D eigenvalue weighted by Gasteiger charge is -2.26. The van der Waals surface area contributed by atoms with Crippen LogP contribution in [0.3, 0.4) is 0 Å². The molecule has 92 valence electrons. The first kappa shape index (κ1) is 24.1. The van der Waals surface area contributed by atoms with Crippen LogP contribution in [-0.4, -0.2) is 38.2 Å². The third kappa shape index (κ3) is 24.8. The van der Waals surface area contributed by atoms with Crippen LogP contribution in [0.15, 0.2) is 38.0 Å². The van der Waals surface area contributed by atoms with Gasteiger partial charge in [0, 0.05) is 6.54 Å². The number of rotatable bonds is 5. The fraction of sp³-hybridized carbons (Fsp3) is 0.455. The first-order valence-corrected chi connectivity index (χ1v) is 4.38. The van der Waals surface area contributed by atoms with Crippen molar-refractivity contribution in [1.29, 1.82) is 0 Å². The summed E-state index contributed by atoms with van der Waals surface area (Å²) < 4.78 is 0.951. The summed E-state index contributed by atoms with van der Waals surface area (Å²) in [6.45, 7) is 13.3. The average molecular weight is 255 g/mol. The summed E-state index contributed by atoms with van der Waals surface area (Å²) in [6, 6.07) is 0. The Labute approximate surface area is 107 Å². The van der Waals surface area contributed by atoms with Crippen LogP contribution in [-0.2, 0) is 0 Å². The van der Waals surface area contributed by atoms with Crippen LogP contribution in [0.4, 0.5) is 0 Å². The van der Waals surface area contributed by atoms with E-state index in [1.807, 2.05) is 12.2 Å². The summed E-state index contributed by atoms with van der Waals surface area (Å²) >= 11 is 0. The van der Waals surface area contributed by atoms with Gasteiger partial charge in [-0.2, -0.15) is 0 Å². The van der Waals surface area contributed by atoms with E-state index in [1.165, 1.54) is 0 Å². The first-order valence-electron chi connectivity index (χ1n) is 4.38. The zero-order valence-electron chi connectivity index (χ0n) is 9.79. The molecule has 0 rings (SSSR count). The van der Waals surface area contributed by atoms with Crippen molar-refractivity contribution in [3.63, 3.8) is 0 Å². The largest absolute Gasteiger partial charge is 1.00 e. The second-order valence-corrected chi connectivity index (χ2v) is 3.40. The first-order chi connectivity index (χ1) is 6.04. The zero-order chi connectivity index (χ0) is 10.7. The van der Waals surface area contributed by atoms with Crippen molar-refractivity contribution in [2.75, 3.05) is 33.7 Å². The number of hydrogen-bond donors (Lipinski definition) is 1. The van der Waals surface area contributed by atoms with E-state index in [1.54, 1.807) is 6.08 Å². The number of nitrogens with two attached hydrogens (primary N) is 1. The van der Waals surface area contributed by atoms with Crippen molar-refractivity contribution in [3.8, 4) is 0 Å². The maximum atomic E-state index is 4.91. The van der Waals surface area contributed by atoms with Gasteiger partial charge in [0.05, 0.1) is 27.2 Å². The number of halogens is 2. The third-order valence-corrected chi connectivity index (χ3v) is 1.41. The Balaban J connectivity index is -0.0000000883. The van der Waals surface area contributed by atoms with E-state index < -0.39 is 0 Å². The average Bonchev–Trinajstić information content (AvgIpc) is 2.04. The molecule has 0 aromatic carbocycles. The summed E-state index contributed by atoms with van der Waals surface area (Å²) in [7, 11) is 4.31. The van der Waals surface area contributed by atoms with Gasteiger partial charge in [0.2, 0.25) is 0 Å². The molecule has 0 aromatic heterocycles. The molecule has 0 aliphatic heterocycles. The molecular formula is C11H24Cl2N2. The maximum Gasteiger partial charge on any atom is 0.0969 e. The topological polar surface area (TPSA) is 26.0 Å². The summed E-state index contributed by atoms with van der Waals surface area (Å²) in [5.74, 6) is 0. The quantitative estimate of drug-likeness (QED) is 0.494. The van der Waals surface area contributed by atoms with Gasteiger partial charge in [0.15, 0.2) is 0 Å². The van der Waals surface area contributed by atoms with Gasteiger partial charge in [0.1, 0.15) is 0 Å². The molecule has 0 spiro atoms. The molecule has 2 nitrogen and oxygen atoms in total. The van der Waals surface area contributed by atoms with E-state index in [0.29, 0.717) is 6.54 Å². The lowest BCUT2D eigenvalue weighted by molar-refractivity contribution is -0.878. The molecule has 0 radical (unpaired) electrons. The Morgan fingerprint density at radius 1 is 1.00 bits per heavy atom. The molecule has 15 heavy (non-hydrogen) atoms. The molecule has 0 atom stereocenters. The molecule has 0 fully saturated rings. The molecule has 4 heteroatoms. The maximum absolute atomic E-state index is 4.91. The highest BCUT2D eigenvalue weighted by molar-refractivity contribution is 5.85. The van der Waals surface area contributed by atoms with Gasteiger partial charge in [-0.3, -0.25) is 0 Å². The Bertz CT molecular complexity index is 145. The normalized spacial score (nSPS) is 8.20. The second kappa shape index (κ2) is 16.2. The number of quaternary nitrogens is 1. The predicted molar refractivity (Wildman–Crippen MR) is 68.7 cm³/mol. The monoisotopic (exact) mass is 254 g/mol. The summed E-state index contributed by atoms with van der Waals surface area (Å²) in [5.41, 5.74) is 4.91. The summed E-state index contributed by atoms with van der Waals surface area (Å²) in [4.78, 5) is 0. The number of likely N-dealkylation sites (N-methyl/N-ethyl adjacent to an activating group) is 1. The van der Waals surface area contributed by atoms with Crippen LogP contribution in [0.1, 0.15) is 0 Å². The van der Waals surface area contributed by atoms with Gasteiger partial charge >= 0.3 is 0 Å². The lowest BCUT2D eigenvalue weighted by Crippen LogP contribution is -3.00. The smallest absolute Gasteiger partial charge is 0.0969 e. The lowest BCUT2D eigenvalue weighted by atomic mass is 10.4. The molecule has 0 aliphatic carbocycles. The van der Waals surface area contributed by atoms with E-state index in [2.05, 4.69) is 33.8 Å². The highest BCUT2D eigenvalue weighted by Crippen LogP contribution is 1.95. The fourth-order valence-corrected chi connectivity index (χ4v) is 0.774. The van der Waals surface area contributed by atoms with E-state index in [-0.39, 0.29) is 24.8 Å². The van der Waals surface area contributed by atoms with Crippen molar-refractivity contribution >= 4 is 12.4 Å². The SMILES string of the molecule is C=CCN.C=CC[N+](C)(C)CC=C.Cl.[Cl-]. The molecule has 0 aliphatic rings. The van der Waals surface area contributed by atoms with Crippen LogP contribution in [0, 0.1) is 0 Å². The van der Waals surface area contributed by atoms with Gasteiger partial charge in [-0.15, -0.1) is 19.0 Å². The minimum Gasteiger partial charge on any atom is -1.00 e. The van der Waals surface area contributed by atoms with Crippen molar-refractivity contribution in [2.45, 2.75) is 0 Å². The van der Waals surface area contributed by atoms with Crippen LogP contribution in [0.5, 0.6) is 0 Å². The third-order valence-electron chi connectivity index (χ3n) is 1.41. The van der Waals surface area contributed by atoms with Crippen LogP contribution in [0.25, 0.3) is 0 Å². The van der Waals surface area contributed by atoms with Crippen molar-refractivity contribution in [1.82, 2.24) is 0 Å². The number of hydrogen-bond acceptors (Lipinski definition) is 1. The highest BCUT2D eigenvalue weighted by Gasteiger charge is 2.07. The molecule has 0 unspecified atom stereocenters. The molecule has 2 N–H and O–H groups in total. The molecule has 0 bridgehead atoms. The van der Waals surface area contributed by atoms with Crippen LogP contribution >= 0.6 is 12.4 Å². The van der Waals surface area contributed by atoms with E-state index in [4.69, 9.17) is 5.73 Å². The second-order valence-electron chi connectivity index (χ2n) is 3.40. The van der Waals surface area contributed by atoms with Gasteiger partial charge < -0.3 is 22.6 Å². The zero-order valence-corrected chi connectivity index (χ0v) is 11.4. The summed E-state index contributed by atoms with van der Waals surface area (Å²) in [6.07, 6.45) is 5.52. The minimum absolute atomic E-state index is 0. The summed E-state index contributed by atoms with van der Waals surface area (Å²) in [5, 5.41) is 0. The van der Waals surface area contributed by atoms with Crippen molar-refractivity contribution in [2.24, 2.45) is 5.73 Å². The van der Waals surface area contributed by atoms with Crippen LogP contribution < -0.4 is 18.1 Å². The van der Waals surface area contributed by atoms with Crippen molar-refractivity contribution in [3.05, 3.63) is 38.0 Å². The molecule has 0 aromatic rings. The number of nitrogens with zero attached hydrogens (tertiary/aromatic N) is 1. The standard InChI is InChI=1S/C8H16N.C3H7N.2ClH/c1-5-7-9(3,4)8-6-2;1-2-3-4;;/h5-6H,1-2,7-8H2,3-4H3;2H,1,3-4H2;2*1H/q+1;;;/p-1. The van der Waals surface area contributed by atoms with E-state index in [0.717, 1.165) is 17.6 Å².